The number of hydrogen-bond donors (Lipinski definition) is 2. The predicted octanol–water partition coefficient (Wildman–Crippen LogP) is 1.65. The molecule has 3 nitrogen and oxygen atoms in total. The quantitative estimate of drug-likeness (QED) is 0.627. The molecule has 0 heterocycles. The van der Waals surface area contributed by atoms with Crippen molar-refractivity contribution in [3.63, 3.8) is 0 Å². The Bertz CT molecular complexity index is 176. The zero-order chi connectivity index (χ0) is 11.7. The molecule has 0 rings (SSSR count). The Morgan fingerprint density at radius 3 is 2.67 bits per heavy atom. The maximum Gasteiger partial charge on any atom is 0.232 e. The van der Waals surface area contributed by atoms with Crippen LogP contribution in [0.4, 0.5) is 0 Å². The Balaban J connectivity index is 3.60. The summed E-state index contributed by atoms with van der Waals surface area (Å²) >= 11 is 1.60. The third-order valence-corrected chi connectivity index (χ3v) is 3.62. The van der Waals surface area contributed by atoms with Crippen molar-refractivity contribution in [3.8, 4) is 0 Å². The highest BCUT2D eigenvalue weighted by Gasteiger charge is 2.13. The van der Waals surface area contributed by atoms with Crippen LogP contribution in [0.2, 0.25) is 0 Å². The van der Waals surface area contributed by atoms with Crippen molar-refractivity contribution in [3.05, 3.63) is 0 Å². The molecule has 2 unspecified atom stereocenters. The van der Waals surface area contributed by atoms with Crippen LogP contribution in [0.3, 0.4) is 0 Å². The van der Waals surface area contributed by atoms with Crippen molar-refractivity contribution in [1.82, 2.24) is 5.32 Å². The standard InChI is InChI=1S/C11H23NO2S/c1-4-5-6-12-11(14)10(3)15-8-9(2)7-13/h9-10,13H,4-8H2,1-3H3,(H,12,14). The summed E-state index contributed by atoms with van der Waals surface area (Å²) in [6.07, 6.45) is 2.14. The molecule has 0 saturated heterocycles. The first-order valence-electron chi connectivity index (χ1n) is 5.62. The molecule has 0 aliphatic heterocycles. The molecule has 2 atom stereocenters. The normalized spacial score (nSPS) is 14.7. The van der Waals surface area contributed by atoms with Gasteiger partial charge in [-0.2, -0.15) is 0 Å². The Kier molecular flexibility index (Phi) is 8.91. The topological polar surface area (TPSA) is 49.3 Å². The molecule has 90 valence electrons. The van der Waals surface area contributed by atoms with Crippen molar-refractivity contribution in [2.75, 3.05) is 18.9 Å². The molecule has 0 fully saturated rings. The molecule has 2 N–H and O–H groups in total. The molecule has 1 amide bonds. The average Bonchev–Trinajstić information content (AvgIpc) is 2.25. The van der Waals surface area contributed by atoms with Gasteiger partial charge in [0.25, 0.3) is 0 Å². The Morgan fingerprint density at radius 2 is 2.13 bits per heavy atom. The summed E-state index contributed by atoms with van der Waals surface area (Å²) in [6, 6.07) is 0. The van der Waals surface area contributed by atoms with Crippen molar-refractivity contribution in [2.45, 2.75) is 38.9 Å². The Morgan fingerprint density at radius 1 is 1.47 bits per heavy atom. The molecule has 0 aromatic heterocycles. The minimum atomic E-state index is -0.0177. The summed E-state index contributed by atoms with van der Waals surface area (Å²) in [5.74, 6) is 1.21. The molecule has 0 aromatic carbocycles. The number of carbonyl (C=O) groups is 1. The summed E-state index contributed by atoms with van der Waals surface area (Å²) in [7, 11) is 0. The number of carbonyl (C=O) groups excluding carboxylic acids is 1. The van der Waals surface area contributed by atoms with Gasteiger partial charge in [-0.3, -0.25) is 4.79 Å². The smallest absolute Gasteiger partial charge is 0.232 e. The highest BCUT2D eigenvalue weighted by molar-refractivity contribution is 8.00. The van der Waals surface area contributed by atoms with E-state index in [9.17, 15) is 4.79 Å². The second-order valence-corrected chi connectivity index (χ2v) is 5.28. The van der Waals surface area contributed by atoms with Crippen molar-refractivity contribution >= 4 is 17.7 Å². The van der Waals surface area contributed by atoms with Gasteiger partial charge in [0.1, 0.15) is 0 Å². The first-order valence-corrected chi connectivity index (χ1v) is 6.66. The molecular formula is C11H23NO2S. The SMILES string of the molecule is CCCCNC(=O)C(C)SCC(C)CO. The van der Waals surface area contributed by atoms with E-state index in [1.54, 1.807) is 11.8 Å². The van der Waals surface area contributed by atoms with Crippen molar-refractivity contribution < 1.29 is 9.90 Å². The summed E-state index contributed by atoms with van der Waals surface area (Å²) in [5.41, 5.74) is 0. The van der Waals surface area contributed by atoms with E-state index in [1.165, 1.54) is 0 Å². The molecule has 4 heteroatoms. The van der Waals surface area contributed by atoms with Crippen molar-refractivity contribution in [1.29, 1.82) is 0 Å². The van der Waals surface area contributed by atoms with Gasteiger partial charge in [-0.25, -0.2) is 0 Å². The van der Waals surface area contributed by atoms with Crippen LogP contribution in [-0.4, -0.2) is 35.2 Å². The minimum absolute atomic E-state index is 0.0177. The molecular weight excluding hydrogens is 210 g/mol. The van der Waals surface area contributed by atoms with E-state index in [2.05, 4.69) is 12.2 Å². The van der Waals surface area contributed by atoms with Gasteiger partial charge in [0.05, 0.1) is 5.25 Å². The molecule has 0 radical (unpaired) electrons. The Hall–Kier alpha value is -0.220. The van der Waals surface area contributed by atoms with E-state index < -0.39 is 0 Å². The zero-order valence-electron chi connectivity index (χ0n) is 9.95. The number of rotatable bonds is 8. The van der Waals surface area contributed by atoms with Gasteiger partial charge in [0.15, 0.2) is 0 Å². The van der Waals surface area contributed by atoms with Crippen LogP contribution in [0.25, 0.3) is 0 Å². The predicted molar refractivity (Wildman–Crippen MR) is 66.1 cm³/mol. The number of aliphatic hydroxyl groups excluding tert-OH is 1. The fourth-order valence-corrected chi connectivity index (χ4v) is 1.93. The van der Waals surface area contributed by atoms with E-state index in [1.807, 2.05) is 13.8 Å². The van der Waals surface area contributed by atoms with Crippen LogP contribution in [0.1, 0.15) is 33.6 Å². The van der Waals surface area contributed by atoms with Gasteiger partial charge in [-0.05, 0) is 25.0 Å². The maximum absolute atomic E-state index is 11.5. The summed E-state index contributed by atoms with van der Waals surface area (Å²) in [6.45, 7) is 6.96. The van der Waals surface area contributed by atoms with E-state index in [4.69, 9.17) is 5.11 Å². The first-order chi connectivity index (χ1) is 7.11. The fourth-order valence-electron chi connectivity index (χ4n) is 0.969. The van der Waals surface area contributed by atoms with Gasteiger partial charge >= 0.3 is 0 Å². The second kappa shape index (κ2) is 9.04. The molecule has 0 aliphatic rings. The third-order valence-electron chi connectivity index (χ3n) is 2.14. The summed E-state index contributed by atoms with van der Waals surface area (Å²) in [5, 5.41) is 11.7. The monoisotopic (exact) mass is 233 g/mol. The fraction of sp³-hybridized carbons (Fsp3) is 0.909. The van der Waals surface area contributed by atoms with E-state index >= 15 is 0 Å². The van der Waals surface area contributed by atoms with Crippen LogP contribution >= 0.6 is 11.8 Å². The number of hydrogen-bond acceptors (Lipinski definition) is 3. The van der Waals surface area contributed by atoms with E-state index in [-0.39, 0.29) is 23.7 Å². The molecule has 0 aliphatic carbocycles. The van der Waals surface area contributed by atoms with Crippen LogP contribution in [0.15, 0.2) is 0 Å². The highest BCUT2D eigenvalue weighted by Crippen LogP contribution is 2.14. The lowest BCUT2D eigenvalue weighted by Gasteiger charge is -2.13. The van der Waals surface area contributed by atoms with Crippen LogP contribution in [-0.2, 0) is 4.79 Å². The highest BCUT2D eigenvalue weighted by atomic mass is 32.2. The van der Waals surface area contributed by atoms with Gasteiger partial charge in [0.2, 0.25) is 5.91 Å². The summed E-state index contributed by atoms with van der Waals surface area (Å²) < 4.78 is 0. The molecule has 0 spiro atoms. The van der Waals surface area contributed by atoms with E-state index in [0.29, 0.717) is 0 Å². The molecule has 0 aromatic rings. The van der Waals surface area contributed by atoms with Gasteiger partial charge < -0.3 is 10.4 Å². The number of unbranched alkanes of at least 4 members (excludes halogenated alkanes) is 1. The van der Waals surface area contributed by atoms with Crippen LogP contribution in [0, 0.1) is 5.92 Å². The number of thioether (sulfide) groups is 1. The maximum atomic E-state index is 11.5. The second-order valence-electron chi connectivity index (χ2n) is 3.91. The van der Waals surface area contributed by atoms with Gasteiger partial charge in [-0.15, -0.1) is 11.8 Å². The lowest BCUT2D eigenvalue weighted by atomic mass is 10.2. The zero-order valence-corrected chi connectivity index (χ0v) is 10.8. The largest absolute Gasteiger partial charge is 0.396 e. The minimum Gasteiger partial charge on any atom is -0.396 e. The van der Waals surface area contributed by atoms with Crippen molar-refractivity contribution in [2.24, 2.45) is 5.92 Å². The Labute approximate surface area is 97.0 Å². The first kappa shape index (κ1) is 14.8. The van der Waals surface area contributed by atoms with Gasteiger partial charge in [-0.1, -0.05) is 20.3 Å². The number of aliphatic hydroxyl groups is 1. The van der Waals surface area contributed by atoms with Crippen LogP contribution < -0.4 is 5.32 Å². The molecule has 0 bridgehead atoms. The lowest BCUT2D eigenvalue weighted by molar-refractivity contribution is -0.120. The average molecular weight is 233 g/mol. The number of amides is 1. The molecule has 0 saturated carbocycles. The third kappa shape index (κ3) is 7.68. The van der Waals surface area contributed by atoms with Gasteiger partial charge in [0, 0.05) is 13.2 Å². The molecule has 15 heavy (non-hydrogen) atoms. The summed E-state index contributed by atoms with van der Waals surface area (Å²) in [4.78, 5) is 11.5. The lowest BCUT2D eigenvalue weighted by Crippen LogP contribution is -2.32. The number of nitrogens with one attached hydrogen (secondary N) is 1. The van der Waals surface area contributed by atoms with Crippen LogP contribution in [0.5, 0.6) is 0 Å². The van der Waals surface area contributed by atoms with E-state index in [0.717, 1.165) is 25.1 Å².